The first-order chi connectivity index (χ1) is 7.70. The van der Waals surface area contributed by atoms with E-state index in [0.29, 0.717) is 13.2 Å². The van der Waals surface area contributed by atoms with E-state index in [2.05, 4.69) is 37.4 Å². The van der Waals surface area contributed by atoms with Crippen LogP contribution in [0.4, 0.5) is 0 Å². The molecule has 2 rings (SSSR count). The molecule has 0 atom stereocenters. The Balaban J connectivity index is 2.27. The summed E-state index contributed by atoms with van der Waals surface area (Å²) in [5, 5.41) is 3.47. The summed E-state index contributed by atoms with van der Waals surface area (Å²) in [7, 11) is 0. The molecule has 3 heteroatoms. The maximum atomic E-state index is 5.63. The molecule has 0 aliphatic rings. The fraction of sp³-hybridized carbons (Fsp3) is 0.385. The van der Waals surface area contributed by atoms with E-state index in [1.54, 1.807) is 11.3 Å². The Bertz CT molecular complexity index is 476. The van der Waals surface area contributed by atoms with Gasteiger partial charge in [0.2, 0.25) is 0 Å². The second kappa shape index (κ2) is 4.95. The normalized spacial score (nSPS) is 11.5. The zero-order valence-electron chi connectivity index (χ0n) is 9.69. The lowest BCUT2D eigenvalue weighted by atomic mass is 10.1. The van der Waals surface area contributed by atoms with E-state index < -0.39 is 0 Å². The molecular formula is C13H17NOS. The molecule has 0 unspecified atom stereocenters. The summed E-state index contributed by atoms with van der Waals surface area (Å²) in [6.45, 7) is 5.41. The number of rotatable bonds is 4. The van der Waals surface area contributed by atoms with Crippen LogP contribution < -0.4 is 5.73 Å². The Morgan fingerprint density at radius 3 is 2.88 bits per heavy atom. The van der Waals surface area contributed by atoms with Gasteiger partial charge in [-0.05, 0) is 41.8 Å². The highest BCUT2D eigenvalue weighted by Gasteiger charge is 2.05. The lowest BCUT2D eigenvalue weighted by molar-refractivity contribution is 0.0666. The first-order valence-electron chi connectivity index (χ1n) is 5.51. The van der Waals surface area contributed by atoms with Crippen molar-refractivity contribution in [1.82, 2.24) is 0 Å². The van der Waals surface area contributed by atoms with E-state index >= 15 is 0 Å². The van der Waals surface area contributed by atoms with Gasteiger partial charge in [-0.25, -0.2) is 0 Å². The summed E-state index contributed by atoms with van der Waals surface area (Å²) >= 11 is 1.76. The molecule has 86 valence electrons. The van der Waals surface area contributed by atoms with E-state index in [9.17, 15) is 0 Å². The molecule has 1 aromatic carbocycles. The molecule has 0 amide bonds. The number of ether oxygens (including phenoxy) is 1. The predicted octanol–water partition coefficient (Wildman–Crippen LogP) is 3.29. The second-order valence-corrected chi connectivity index (χ2v) is 5.07. The van der Waals surface area contributed by atoms with Crippen LogP contribution in [0.2, 0.25) is 0 Å². The van der Waals surface area contributed by atoms with Gasteiger partial charge in [-0.1, -0.05) is 12.1 Å². The van der Waals surface area contributed by atoms with Crippen molar-refractivity contribution in [3.63, 3.8) is 0 Å². The Morgan fingerprint density at radius 1 is 1.38 bits per heavy atom. The van der Waals surface area contributed by atoms with Crippen LogP contribution in [-0.2, 0) is 17.9 Å². The third-order valence-corrected chi connectivity index (χ3v) is 3.52. The Kier molecular flexibility index (Phi) is 3.59. The average Bonchev–Trinajstić information content (AvgIpc) is 2.68. The molecule has 2 nitrogen and oxygen atoms in total. The summed E-state index contributed by atoms with van der Waals surface area (Å²) < 4.78 is 6.93. The first kappa shape index (κ1) is 11.6. The number of fused-ring (bicyclic) bond motifs is 1. The Labute approximate surface area is 100 Å². The molecule has 0 radical (unpaired) electrons. The maximum absolute atomic E-state index is 5.63. The second-order valence-electron chi connectivity index (χ2n) is 4.16. The number of benzene rings is 1. The third kappa shape index (κ3) is 2.43. The topological polar surface area (TPSA) is 35.2 Å². The maximum Gasteiger partial charge on any atom is 0.0734 e. The van der Waals surface area contributed by atoms with Gasteiger partial charge in [0.1, 0.15) is 0 Å². The SMILES string of the molecule is CC(C)OCc1csc2cc(CN)ccc12. The summed E-state index contributed by atoms with van der Waals surface area (Å²) in [6.07, 6.45) is 0.276. The lowest BCUT2D eigenvalue weighted by Gasteiger charge is -2.06. The molecule has 0 saturated heterocycles. The highest BCUT2D eigenvalue weighted by atomic mass is 32.1. The zero-order chi connectivity index (χ0) is 11.5. The fourth-order valence-corrected chi connectivity index (χ4v) is 2.63. The molecule has 0 spiro atoms. The van der Waals surface area contributed by atoms with E-state index in [4.69, 9.17) is 10.5 Å². The van der Waals surface area contributed by atoms with Crippen molar-refractivity contribution < 1.29 is 4.74 Å². The van der Waals surface area contributed by atoms with Crippen molar-refractivity contribution in [2.45, 2.75) is 33.1 Å². The third-order valence-electron chi connectivity index (χ3n) is 2.53. The van der Waals surface area contributed by atoms with Crippen molar-refractivity contribution in [3.8, 4) is 0 Å². The van der Waals surface area contributed by atoms with E-state index in [-0.39, 0.29) is 6.10 Å². The Hall–Kier alpha value is -0.900. The monoisotopic (exact) mass is 235 g/mol. The van der Waals surface area contributed by atoms with Crippen molar-refractivity contribution in [1.29, 1.82) is 0 Å². The van der Waals surface area contributed by atoms with Crippen LogP contribution in [0.3, 0.4) is 0 Å². The number of thiophene rings is 1. The number of hydrogen-bond donors (Lipinski definition) is 1. The quantitative estimate of drug-likeness (QED) is 0.882. The molecular weight excluding hydrogens is 218 g/mol. The summed E-state index contributed by atoms with van der Waals surface area (Å²) in [5.41, 5.74) is 8.09. The molecule has 0 bridgehead atoms. The number of hydrogen-bond acceptors (Lipinski definition) is 3. The molecule has 0 fully saturated rings. The van der Waals surface area contributed by atoms with Crippen LogP contribution in [0.25, 0.3) is 10.1 Å². The smallest absolute Gasteiger partial charge is 0.0734 e. The highest BCUT2D eigenvalue weighted by molar-refractivity contribution is 7.17. The average molecular weight is 235 g/mol. The van der Waals surface area contributed by atoms with E-state index in [1.807, 2.05) is 0 Å². The molecule has 1 heterocycles. The van der Waals surface area contributed by atoms with Crippen LogP contribution >= 0.6 is 11.3 Å². The van der Waals surface area contributed by atoms with Gasteiger partial charge >= 0.3 is 0 Å². The van der Waals surface area contributed by atoms with Crippen molar-refractivity contribution >= 4 is 21.4 Å². The summed E-state index contributed by atoms with van der Waals surface area (Å²) in [6, 6.07) is 6.40. The Morgan fingerprint density at radius 2 is 2.19 bits per heavy atom. The number of nitrogens with two attached hydrogens (primary N) is 1. The van der Waals surface area contributed by atoms with Crippen LogP contribution in [0, 0.1) is 0 Å². The largest absolute Gasteiger partial charge is 0.374 e. The standard InChI is InChI=1S/C13H17NOS/c1-9(2)15-7-11-8-16-13-5-10(6-14)3-4-12(11)13/h3-5,8-9H,6-7,14H2,1-2H3. The van der Waals surface area contributed by atoms with Gasteiger partial charge in [0.25, 0.3) is 0 Å². The van der Waals surface area contributed by atoms with Crippen molar-refractivity contribution in [3.05, 3.63) is 34.7 Å². The van der Waals surface area contributed by atoms with Gasteiger partial charge in [0.05, 0.1) is 12.7 Å². The van der Waals surface area contributed by atoms with Crippen LogP contribution in [0.5, 0.6) is 0 Å². The van der Waals surface area contributed by atoms with Crippen LogP contribution in [-0.4, -0.2) is 6.10 Å². The molecule has 0 aliphatic carbocycles. The van der Waals surface area contributed by atoms with Crippen LogP contribution in [0.1, 0.15) is 25.0 Å². The van der Waals surface area contributed by atoms with Gasteiger partial charge in [0, 0.05) is 11.2 Å². The minimum Gasteiger partial charge on any atom is -0.374 e. The van der Waals surface area contributed by atoms with Gasteiger partial charge in [-0.15, -0.1) is 11.3 Å². The molecule has 0 aliphatic heterocycles. The molecule has 1 aromatic heterocycles. The summed E-state index contributed by atoms with van der Waals surface area (Å²) in [4.78, 5) is 0. The molecule has 0 saturated carbocycles. The predicted molar refractivity (Wildman–Crippen MR) is 69.6 cm³/mol. The van der Waals surface area contributed by atoms with Gasteiger partial charge in [-0.2, -0.15) is 0 Å². The van der Waals surface area contributed by atoms with Gasteiger partial charge < -0.3 is 10.5 Å². The first-order valence-corrected chi connectivity index (χ1v) is 6.39. The zero-order valence-corrected chi connectivity index (χ0v) is 10.5. The van der Waals surface area contributed by atoms with Crippen molar-refractivity contribution in [2.24, 2.45) is 5.73 Å². The molecule has 16 heavy (non-hydrogen) atoms. The van der Waals surface area contributed by atoms with Gasteiger partial charge in [-0.3, -0.25) is 0 Å². The minimum atomic E-state index is 0.276. The van der Waals surface area contributed by atoms with Gasteiger partial charge in [0.15, 0.2) is 0 Å². The van der Waals surface area contributed by atoms with E-state index in [0.717, 1.165) is 0 Å². The lowest BCUT2D eigenvalue weighted by Crippen LogP contribution is -2.01. The fourth-order valence-electron chi connectivity index (χ4n) is 1.62. The van der Waals surface area contributed by atoms with Crippen LogP contribution in [0.15, 0.2) is 23.6 Å². The van der Waals surface area contributed by atoms with E-state index in [1.165, 1.54) is 21.2 Å². The highest BCUT2D eigenvalue weighted by Crippen LogP contribution is 2.27. The minimum absolute atomic E-state index is 0.276. The molecule has 2 N–H and O–H groups in total. The molecule has 2 aromatic rings. The van der Waals surface area contributed by atoms with Crippen molar-refractivity contribution in [2.75, 3.05) is 0 Å². The summed E-state index contributed by atoms with van der Waals surface area (Å²) in [5.74, 6) is 0.